The van der Waals surface area contributed by atoms with E-state index in [9.17, 15) is 12.8 Å². The number of aliphatic imine (C=N–C) groups is 1. The van der Waals surface area contributed by atoms with Crippen LogP contribution in [0.25, 0.3) is 0 Å². The molecule has 0 aromatic heterocycles. The van der Waals surface area contributed by atoms with Gasteiger partial charge in [0.1, 0.15) is 5.82 Å². The lowest BCUT2D eigenvalue weighted by Crippen LogP contribution is -2.49. The van der Waals surface area contributed by atoms with Gasteiger partial charge in [0.25, 0.3) is 10.2 Å². The van der Waals surface area contributed by atoms with E-state index in [-0.39, 0.29) is 18.3 Å². The maximum Gasteiger partial charge on any atom is 0.274 e. The molecule has 3 aromatic carbocycles. The maximum absolute atomic E-state index is 13.7. The zero-order valence-corrected chi connectivity index (χ0v) is 23.2. The van der Waals surface area contributed by atoms with E-state index in [1.165, 1.54) is 24.1 Å². The summed E-state index contributed by atoms with van der Waals surface area (Å²) in [6.45, 7) is 3.93. The summed E-state index contributed by atoms with van der Waals surface area (Å²) in [6, 6.07) is 23.5. The number of nitrogens with zero attached hydrogens (tertiary/aromatic N) is 3. The molecule has 0 saturated carbocycles. The number of nitrogens with one attached hydrogen (secondary N) is 2. The Balaban J connectivity index is 1.68. The Bertz CT molecular complexity index is 1420. The van der Waals surface area contributed by atoms with E-state index in [1.807, 2.05) is 42.5 Å². The Morgan fingerprint density at radius 1 is 1.13 bits per heavy atom. The largest absolute Gasteiger partial charge is 0.295 e. The molecule has 1 heterocycles. The summed E-state index contributed by atoms with van der Waals surface area (Å²) in [6.07, 6.45) is 0. The minimum Gasteiger partial charge on any atom is -0.295 e. The molecule has 12 heteroatoms. The van der Waals surface area contributed by atoms with Crippen LogP contribution in [-0.2, 0) is 10.2 Å². The molecule has 1 aliphatic heterocycles. The van der Waals surface area contributed by atoms with E-state index < -0.39 is 15.7 Å². The third kappa shape index (κ3) is 7.78. The molecule has 0 fully saturated rings. The summed E-state index contributed by atoms with van der Waals surface area (Å²) in [5.41, 5.74) is 1.67. The predicted octanol–water partition coefficient (Wildman–Crippen LogP) is 4.51. The topological polar surface area (TPSA) is 112 Å². The number of rotatable bonds is 8. The van der Waals surface area contributed by atoms with Crippen LogP contribution in [-0.4, -0.2) is 43.7 Å². The molecule has 200 valence electrons. The molecule has 0 saturated heterocycles. The minimum atomic E-state index is -3.93. The van der Waals surface area contributed by atoms with Crippen LogP contribution < -0.4 is 14.6 Å². The average Bonchev–Trinajstić information content (AvgIpc) is 3.30. The molecule has 8 nitrogen and oxygen atoms in total. The maximum atomic E-state index is 13.7. The van der Waals surface area contributed by atoms with Crippen molar-refractivity contribution in [1.29, 1.82) is 0 Å². The van der Waals surface area contributed by atoms with Crippen LogP contribution in [0.15, 0.2) is 93.9 Å². The van der Waals surface area contributed by atoms with E-state index in [1.54, 1.807) is 43.1 Å². The van der Waals surface area contributed by atoms with Gasteiger partial charge in [-0.05, 0) is 73.3 Å². The van der Waals surface area contributed by atoms with Gasteiger partial charge in [-0.3, -0.25) is 4.72 Å². The summed E-state index contributed by atoms with van der Waals surface area (Å²) in [7, 11) is -3.93. The Morgan fingerprint density at radius 2 is 1.79 bits per heavy atom. The highest BCUT2D eigenvalue weighted by Crippen LogP contribution is 2.30. The van der Waals surface area contributed by atoms with Crippen LogP contribution >= 0.6 is 23.5 Å². The quantitative estimate of drug-likeness (QED) is 0.208. The van der Waals surface area contributed by atoms with E-state index >= 15 is 0 Å². The first-order chi connectivity index (χ1) is 18.0. The molecule has 0 spiro atoms. The Kier molecular flexibility index (Phi) is 8.74. The number of guanidine groups is 1. The highest BCUT2D eigenvalue weighted by molar-refractivity contribution is 7.98. The van der Waals surface area contributed by atoms with Crippen molar-refractivity contribution in [2.24, 2.45) is 15.2 Å². The fourth-order valence-corrected chi connectivity index (χ4v) is 5.54. The molecule has 4 rings (SSSR count). The second-order valence-corrected chi connectivity index (χ2v) is 12.0. The van der Waals surface area contributed by atoms with Crippen molar-refractivity contribution in [3.8, 4) is 0 Å². The summed E-state index contributed by atoms with van der Waals surface area (Å²) in [4.78, 5) is 5.59. The fraction of sp³-hybridized carbons (Fsp3) is 0.231. The van der Waals surface area contributed by atoms with Crippen molar-refractivity contribution < 1.29 is 12.8 Å². The van der Waals surface area contributed by atoms with Gasteiger partial charge in [-0.1, -0.05) is 54.1 Å². The fourth-order valence-electron chi connectivity index (χ4n) is 3.93. The van der Waals surface area contributed by atoms with Crippen molar-refractivity contribution in [3.63, 3.8) is 0 Å². The molecule has 3 aromatic rings. The van der Waals surface area contributed by atoms with Gasteiger partial charge in [-0.2, -0.15) is 18.2 Å². The van der Waals surface area contributed by atoms with Gasteiger partial charge in [0.15, 0.2) is 0 Å². The SMILES string of the molecule is CC(C)(CN=C(NSc1ccc(Cl)cc1)N1CC(c2ccccc2)C(c2ccc(F)cc2)=N1)NS(N)(=O)=O. The lowest BCUT2D eigenvalue weighted by Gasteiger charge is -2.24. The Hall–Kier alpha value is -2.96. The molecule has 0 amide bonds. The zero-order valence-electron chi connectivity index (χ0n) is 20.8. The summed E-state index contributed by atoms with van der Waals surface area (Å²) >= 11 is 7.34. The van der Waals surface area contributed by atoms with E-state index in [2.05, 4.69) is 9.44 Å². The summed E-state index contributed by atoms with van der Waals surface area (Å²) in [5, 5.41) is 12.4. The van der Waals surface area contributed by atoms with Crippen LogP contribution in [0.5, 0.6) is 0 Å². The minimum absolute atomic E-state index is 0.0842. The first kappa shape index (κ1) is 28.1. The molecule has 38 heavy (non-hydrogen) atoms. The molecule has 0 radical (unpaired) electrons. The van der Waals surface area contributed by atoms with Crippen LogP contribution in [0.3, 0.4) is 0 Å². The molecule has 1 aliphatic rings. The molecular formula is C26H28ClFN6O2S2. The highest BCUT2D eigenvalue weighted by Gasteiger charge is 2.32. The standard InChI is InChI=1S/C26H28ClFN6O2S2/c1-26(2,33-38(29,35)36)17-30-25(32-37-22-14-10-20(27)11-15-22)34-16-23(18-6-4-3-5-7-18)24(31-34)19-8-12-21(28)13-9-19/h3-15,23,33H,16-17H2,1-2H3,(H,30,32)(H2,29,35,36). The van der Waals surface area contributed by atoms with E-state index in [0.29, 0.717) is 17.5 Å². The van der Waals surface area contributed by atoms with Gasteiger partial charge >= 0.3 is 0 Å². The number of hydrazone groups is 1. The lowest BCUT2D eigenvalue weighted by molar-refractivity contribution is 0.441. The Morgan fingerprint density at radius 3 is 2.42 bits per heavy atom. The van der Waals surface area contributed by atoms with Gasteiger partial charge in [-0.25, -0.2) is 19.5 Å². The first-order valence-electron chi connectivity index (χ1n) is 11.7. The average molecular weight is 575 g/mol. The third-order valence-electron chi connectivity index (χ3n) is 5.62. The van der Waals surface area contributed by atoms with E-state index in [0.717, 1.165) is 21.7 Å². The highest BCUT2D eigenvalue weighted by atomic mass is 35.5. The number of benzene rings is 3. The van der Waals surface area contributed by atoms with Crippen molar-refractivity contribution in [2.75, 3.05) is 13.1 Å². The molecule has 4 N–H and O–H groups in total. The monoisotopic (exact) mass is 574 g/mol. The van der Waals surface area contributed by atoms with Gasteiger partial charge < -0.3 is 0 Å². The van der Waals surface area contributed by atoms with Crippen LogP contribution in [0.1, 0.15) is 30.9 Å². The number of hydrogen-bond acceptors (Lipinski definition) is 5. The number of hydrogen-bond donors (Lipinski definition) is 3. The second-order valence-electron chi connectivity index (χ2n) is 9.37. The van der Waals surface area contributed by atoms with Crippen molar-refractivity contribution >= 4 is 45.4 Å². The van der Waals surface area contributed by atoms with Gasteiger partial charge in [0, 0.05) is 21.4 Å². The molecule has 1 unspecified atom stereocenters. The van der Waals surface area contributed by atoms with Crippen LogP contribution in [0.4, 0.5) is 4.39 Å². The van der Waals surface area contributed by atoms with E-state index in [4.69, 9.17) is 26.8 Å². The lowest BCUT2D eigenvalue weighted by atomic mass is 9.91. The normalized spacial score (nSPS) is 16.4. The third-order valence-corrected chi connectivity index (χ3v) is 7.50. The van der Waals surface area contributed by atoms with Crippen LogP contribution in [0, 0.1) is 5.82 Å². The van der Waals surface area contributed by atoms with Gasteiger partial charge in [-0.15, -0.1) is 0 Å². The smallest absolute Gasteiger partial charge is 0.274 e. The summed E-state index contributed by atoms with van der Waals surface area (Å²) in [5.74, 6) is -0.00892. The first-order valence-corrected chi connectivity index (χ1v) is 14.4. The molecular weight excluding hydrogens is 547 g/mol. The van der Waals surface area contributed by atoms with Gasteiger partial charge in [0.2, 0.25) is 5.96 Å². The molecule has 0 aliphatic carbocycles. The predicted molar refractivity (Wildman–Crippen MR) is 152 cm³/mol. The van der Waals surface area contributed by atoms with Crippen molar-refractivity contribution in [2.45, 2.75) is 30.2 Å². The Labute approximate surface area is 231 Å². The van der Waals surface area contributed by atoms with Gasteiger partial charge in [0.05, 0.1) is 18.8 Å². The second kappa shape index (κ2) is 11.8. The van der Waals surface area contributed by atoms with Crippen molar-refractivity contribution in [3.05, 3.63) is 101 Å². The number of halogens is 2. The molecule has 0 bridgehead atoms. The molecule has 1 atom stereocenters. The summed E-state index contributed by atoms with van der Waals surface area (Å²) < 4.78 is 42.6. The number of nitrogens with two attached hydrogens (primary N) is 1. The van der Waals surface area contributed by atoms with Crippen LogP contribution in [0.2, 0.25) is 5.02 Å². The van der Waals surface area contributed by atoms with Crippen molar-refractivity contribution in [1.82, 2.24) is 14.5 Å². The zero-order chi connectivity index (χ0) is 27.3.